The van der Waals surface area contributed by atoms with Gasteiger partial charge in [-0.1, -0.05) is 11.6 Å². The van der Waals surface area contributed by atoms with Crippen LogP contribution in [-0.4, -0.2) is 16.9 Å². The van der Waals surface area contributed by atoms with Crippen molar-refractivity contribution in [2.75, 3.05) is 0 Å². The first-order valence-electron chi connectivity index (χ1n) is 4.45. The highest BCUT2D eigenvalue weighted by Gasteiger charge is 2.40. The number of aromatic nitrogens is 1. The Labute approximate surface area is 92.0 Å². The average molecular weight is 234 g/mol. The zero-order valence-electron chi connectivity index (χ0n) is 8.28. The van der Waals surface area contributed by atoms with E-state index in [1.807, 2.05) is 20.8 Å². The minimum absolute atomic E-state index is 0.0431. The van der Waals surface area contributed by atoms with Gasteiger partial charge in [-0.3, -0.25) is 0 Å². The van der Waals surface area contributed by atoms with Gasteiger partial charge in [0.25, 0.3) is 0 Å². The van der Waals surface area contributed by atoms with Crippen LogP contribution in [-0.2, 0) is 9.47 Å². The van der Waals surface area contributed by atoms with Gasteiger partial charge in [0.05, 0.1) is 11.0 Å². The van der Waals surface area contributed by atoms with E-state index >= 15 is 0 Å². The molecule has 1 fully saturated rings. The van der Waals surface area contributed by atoms with Gasteiger partial charge in [-0.05, 0) is 20.8 Å². The van der Waals surface area contributed by atoms with Crippen LogP contribution in [0.4, 0.5) is 0 Å². The molecular formula is C9H12ClNO2S. The van der Waals surface area contributed by atoms with Gasteiger partial charge in [0.1, 0.15) is 6.10 Å². The summed E-state index contributed by atoms with van der Waals surface area (Å²) in [5.41, 5.74) is 0. The minimum Gasteiger partial charge on any atom is -0.344 e. The summed E-state index contributed by atoms with van der Waals surface area (Å²) in [6.45, 7) is 5.81. The van der Waals surface area contributed by atoms with Crippen molar-refractivity contribution in [3.05, 3.63) is 15.5 Å². The zero-order chi connectivity index (χ0) is 10.3. The molecule has 1 aliphatic heterocycles. The zero-order valence-corrected chi connectivity index (χ0v) is 9.85. The molecule has 5 heteroatoms. The molecule has 0 saturated carbocycles. The summed E-state index contributed by atoms with van der Waals surface area (Å²) >= 11 is 7.21. The Morgan fingerprint density at radius 3 is 2.64 bits per heavy atom. The Morgan fingerprint density at radius 1 is 1.50 bits per heavy atom. The Kier molecular flexibility index (Phi) is 2.55. The number of rotatable bonds is 1. The molecule has 14 heavy (non-hydrogen) atoms. The van der Waals surface area contributed by atoms with Crippen LogP contribution in [0.1, 0.15) is 31.8 Å². The summed E-state index contributed by atoms with van der Waals surface area (Å²) < 4.78 is 11.9. The van der Waals surface area contributed by atoms with Gasteiger partial charge in [-0.15, -0.1) is 11.3 Å². The fourth-order valence-corrected chi connectivity index (χ4v) is 2.70. The first kappa shape index (κ1) is 10.4. The fraction of sp³-hybridized carbons (Fsp3) is 0.667. The van der Waals surface area contributed by atoms with Crippen LogP contribution in [0.25, 0.3) is 0 Å². The lowest BCUT2D eigenvalue weighted by Crippen LogP contribution is -2.20. The fourth-order valence-electron chi connectivity index (χ4n) is 1.62. The standard InChI is InChI=1S/C9H12ClNO2S/c1-5-7(13-9(2,3)12-5)6-4-11-8(10)14-6/h4-5,7H,1-3H3. The van der Waals surface area contributed by atoms with Gasteiger partial charge in [0.2, 0.25) is 0 Å². The van der Waals surface area contributed by atoms with Gasteiger partial charge < -0.3 is 9.47 Å². The summed E-state index contributed by atoms with van der Waals surface area (Å²) in [5.74, 6) is -0.513. The quantitative estimate of drug-likeness (QED) is 0.747. The van der Waals surface area contributed by atoms with Crippen LogP contribution >= 0.6 is 22.9 Å². The van der Waals surface area contributed by atoms with Gasteiger partial charge in [-0.2, -0.15) is 0 Å². The Morgan fingerprint density at radius 2 is 2.21 bits per heavy atom. The average Bonchev–Trinajstić information content (AvgIpc) is 2.55. The minimum atomic E-state index is -0.513. The predicted molar refractivity (Wildman–Crippen MR) is 55.6 cm³/mol. The van der Waals surface area contributed by atoms with E-state index in [-0.39, 0.29) is 12.2 Å². The number of thiazole rings is 1. The first-order valence-corrected chi connectivity index (χ1v) is 5.64. The molecule has 0 spiro atoms. The maximum Gasteiger partial charge on any atom is 0.183 e. The number of hydrogen-bond acceptors (Lipinski definition) is 4. The Bertz CT molecular complexity index is 339. The molecule has 2 heterocycles. The number of ether oxygens (including phenoxy) is 2. The van der Waals surface area contributed by atoms with Crippen LogP contribution in [0.3, 0.4) is 0 Å². The van der Waals surface area contributed by atoms with Gasteiger partial charge in [0.15, 0.2) is 10.3 Å². The lowest BCUT2D eigenvalue weighted by atomic mass is 10.2. The first-order chi connectivity index (χ1) is 6.48. The molecule has 78 valence electrons. The molecule has 0 aromatic carbocycles. The van der Waals surface area contributed by atoms with Crippen molar-refractivity contribution < 1.29 is 9.47 Å². The molecule has 1 aliphatic rings. The van der Waals surface area contributed by atoms with E-state index in [1.54, 1.807) is 6.20 Å². The van der Waals surface area contributed by atoms with E-state index in [1.165, 1.54) is 11.3 Å². The molecule has 0 radical (unpaired) electrons. The molecule has 0 N–H and O–H groups in total. The third kappa shape index (κ3) is 1.93. The third-order valence-corrected chi connectivity index (χ3v) is 3.26. The van der Waals surface area contributed by atoms with Crippen molar-refractivity contribution in [1.29, 1.82) is 0 Å². The van der Waals surface area contributed by atoms with Crippen molar-refractivity contribution in [3.63, 3.8) is 0 Å². The third-order valence-electron chi connectivity index (χ3n) is 2.08. The van der Waals surface area contributed by atoms with E-state index in [0.29, 0.717) is 4.47 Å². The molecule has 0 amide bonds. The second-order valence-corrected chi connectivity index (χ2v) is 5.42. The molecule has 2 atom stereocenters. The van der Waals surface area contributed by atoms with E-state index in [9.17, 15) is 0 Å². The molecule has 2 rings (SSSR count). The van der Waals surface area contributed by atoms with E-state index in [4.69, 9.17) is 21.1 Å². The van der Waals surface area contributed by atoms with Crippen LogP contribution in [0, 0.1) is 0 Å². The van der Waals surface area contributed by atoms with Crippen molar-refractivity contribution in [3.8, 4) is 0 Å². The van der Waals surface area contributed by atoms with E-state index in [0.717, 1.165) is 4.88 Å². The largest absolute Gasteiger partial charge is 0.344 e. The summed E-state index contributed by atoms with van der Waals surface area (Å²) in [5, 5.41) is 0. The molecule has 0 aliphatic carbocycles. The Hall–Kier alpha value is -0.160. The summed E-state index contributed by atoms with van der Waals surface area (Å²) in [6.07, 6.45) is 1.75. The maximum atomic E-state index is 5.77. The highest BCUT2D eigenvalue weighted by molar-refractivity contribution is 7.15. The Balaban J connectivity index is 2.20. The highest BCUT2D eigenvalue weighted by atomic mass is 35.5. The normalized spacial score (nSPS) is 30.9. The van der Waals surface area contributed by atoms with Crippen molar-refractivity contribution in [2.45, 2.75) is 38.8 Å². The monoisotopic (exact) mass is 233 g/mol. The van der Waals surface area contributed by atoms with Gasteiger partial charge >= 0.3 is 0 Å². The summed E-state index contributed by atoms with van der Waals surface area (Å²) in [6, 6.07) is 0. The van der Waals surface area contributed by atoms with E-state index < -0.39 is 5.79 Å². The second-order valence-electron chi connectivity index (χ2n) is 3.78. The summed E-state index contributed by atoms with van der Waals surface area (Å²) in [7, 11) is 0. The maximum absolute atomic E-state index is 5.77. The smallest absolute Gasteiger partial charge is 0.183 e. The van der Waals surface area contributed by atoms with Crippen molar-refractivity contribution >= 4 is 22.9 Å². The number of hydrogen-bond donors (Lipinski definition) is 0. The van der Waals surface area contributed by atoms with Gasteiger partial charge in [-0.25, -0.2) is 4.98 Å². The van der Waals surface area contributed by atoms with E-state index in [2.05, 4.69) is 4.98 Å². The second kappa shape index (κ2) is 3.45. The topological polar surface area (TPSA) is 31.4 Å². The predicted octanol–water partition coefficient (Wildman–Crippen LogP) is 3.01. The van der Waals surface area contributed by atoms with Crippen LogP contribution in [0.5, 0.6) is 0 Å². The molecule has 1 aromatic rings. The van der Waals surface area contributed by atoms with Crippen molar-refractivity contribution in [2.24, 2.45) is 0 Å². The molecule has 3 nitrogen and oxygen atoms in total. The molecular weight excluding hydrogens is 222 g/mol. The molecule has 2 unspecified atom stereocenters. The van der Waals surface area contributed by atoms with Crippen LogP contribution < -0.4 is 0 Å². The molecule has 1 saturated heterocycles. The lowest BCUT2D eigenvalue weighted by molar-refractivity contribution is -0.145. The lowest BCUT2D eigenvalue weighted by Gasteiger charge is -2.16. The van der Waals surface area contributed by atoms with Crippen molar-refractivity contribution in [1.82, 2.24) is 4.98 Å². The summed E-state index contributed by atoms with van der Waals surface area (Å²) in [4.78, 5) is 5.01. The van der Waals surface area contributed by atoms with Crippen LogP contribution in [0.2, 0.25) is 4.47 Å². The SMILES string of the molecule is CC1OC(C)(C)OC1c1cnc(Cl)s1. The molecule has 1 aromatic heterocycles. The number of nitrogens with zero attached hydrogens (tertiary/aromatic N) is 1. The molecule has 0 bridgehead atoms. The number of halogens is 1. The van der Waals surface area contributed by atoms with Crippen LogP contribution in [0.15, 0.2) is 6.20 Å². The highest BCUT2D eigenvalue weighted by Crippen LogP contribution is 2.40. The van der Waals surface area contributed by atoms with Gasteiger partial charge in [0, 0.05) is 6.20 Å².